The van der Waals surface area contributed by atoms with Crippen LogP contribution >= 0.6 is 0 Å². The summed E-state index contributed by atoms with van der Waals surface area (Å²) >= 11 is 0. The van der Waals surface area contributed by atoms with Gasteiger partial charge >= 0.3 is 0 Å². The summed E-state index contributed by atoms with van der Waals surface area (Å²) in [5.41, 5.74) is 2.10. The van der Waals surface area contributed by atoms with Gasteiger partial charge in [-0.1, -0.05) is 37.1 Å². The van der Waals surface area contributed by atoms with E-state index in [1.807, 2.05) is 24.3 Å². The van der Waals surface area contributed by atoms with Crippen LogP contribution in [0.3, 0.4) is 0 Å². The van der Waals surface area contributed by atoms with Gasteiger partial charge in [-0.2, -0.15) is 0 Å². The molecule has 1 aromatic heterocycles. The van der Waals surface area contributed by atoms with Gasteiger partial charge in [-0.05, 0) is 24.0 Å². The van der Waals surface area contributed by atoms with Crippen molar-refractivity contribution in [2.45, 2.75) is 63.0 Å². The minimum atomic E-state index is -0.571. The molecule has 1 heterocycles. The van der Waals surface area contributed by atoms with Crippen LogP contribution in [-0.4, -0.2) is 27.3 Å². The second-order valence-electron chi connectivity index (χ2n) is 7.03. The van der Waals surface area contributed by atoms with Crippen molar-refractivity contribution in [3.05, 3.63) is 47.2 Å². The fraction of sp³-hybridized carbons (Fsp3) is 0.526. The summed E-state index contributed by atoms with van der Waals surface area (Å²) in [6.07, 6.45) is 5.37. The first-order valence-corrected chi connectivity index (χ1v) is 9.08. The number of amides is 1. The number of rotatable bonds is 5. The van der Waals surface area contributed by atoms with E-state index in [-0.39, 0.29) is 18.4 Å². The molecule has 4 rings (SSSR count). The van der Waals surface area contributed by atoms with Crippen LogP contribution in [0.25, 0.3) is 0 Å². The number of aliphatic hydroxyl groups excluding tert-OH is 1. The normalized spacial score (nSPS) is 22.9. The van der Waals surface area contributed by atoms with E-state index in [2.05, 4.69) is 15.5 Å². The molecular formula is C19H23N3O3. The van der Waals surface area contributed by atoms with Crippen LogP contribution in [-0.2, 0) is 17.6 Å². The van der Waals surface area contributed by atoms with Gasteiger partial charge in [0.25, 0.3) is 0 Å². The van der Waals surface area contributed by atoms with Gasteiger partial charge < -0.3 is 14.8 Å². The summed E-state index contributed by atoms with van der Waals surface area (Å²) in [5, 5.41) is 21.4. The molecule has 0 radical (unpaired) electrons. The highest BCUT2D eigenvalue weighted by Crippen LogP contribution is 2.33. The van der Waals surface area contributed by atoms with Gasteiger partial charge in [0.2, 0.25) is 17.7 Å². The van der Waals surface area contributed by atoms with E-state index < -0.39 is 6.10 Å². The molecule has 132 valence electrons. The number of aliphatic hydroxyl groups is 1. The maximum Gasteiger partial charge on any atom is 0.221 e. The van der Waals surface area contributed by atoms with Crippen LogP contribution in [0.2, 0.25) is 0 Å². The summed E-state index contributed by atoms with van der Waals surface area (Å²) in [6, 6.07) is 7.50. The highest BCUT2D eigenvalue weighted by molar-refractivity contribution is 5.77. The van der Waals surface area contributed by atoms with Crippen LogP contribution in [0.4, 0.5) is 0 Å². The maximum absolute atomic E-state index is 12.3. The molecule has 2 aromatic rings. The molecule has 0 aliphatic heterocycles. The number of carbonyl (C=O) groups excluding carboxylic acids is 1. The first-order chi connectivity index (χ1) is 12.2. The molecule has 0 bridgehead atoms. The van der Waals surface area contributed by atoms with Crippen LogP contribution < -0.4 is 5.32 Å². The second kappa shape index (κ2) is 6.96. The Kier molecular flexibility index (Phi) is 4.53. The van der Waals surface area contributed by atoms with E-state index in [0.717, 1.165) is 24.0 Å². The zero-order valence-corrected chi connectivity index (χ0v) is 14.1. The Hall–Kier alpha value is -2.21. The predicted octanol–water partition coefficient (Wildman–Crippen LogP) is 2.43. The van der Waals surface area contributed by atoms with E-state index >= 15 is 0 Å². The molecule has 25 heavy (non-hydrogen) atoms. The third-order valence-corrected chi connectivity index (χ3v) is 5.27. The van der Waals surface area contributed by atoms with Gasteiger partial charge in [0.15, 0.2) is 0 Å². The van der Waals surface area contributed by atoms with Gasteiger partial charge in [-0.25, -0.2) is 0 Å². The molecule has 0 spiro atoms. The lowest BCUT2D eigenvalue weighted by molar-refractivity contribution is -0.122. The SMILES string of the molecule is O=C(CCc1nnc(C2CCCC2)o1)NC1c2ccccc2CC1O. The lowest BCUT2D eigenvalue weighted by atomic mass is 10.1. The quantitative estimate of drug-likeness (QED) is 0.872. The molecule has 6 heteroatoms. The summed E-state index contributed by atoms with van der Waals surface area (Å²) in [6.45, 7) is 0. The average molecular weight is 341 g/mol. The molecule has 2 aliphatic rings. The molecule has 2 unspecified atom stereocenters. The lowest BCUT2D eigenvalue weighted by Crippen LogP contribution is -2.34. The molecule has 6 nitrogen and oxygen atoms in total. The molecule has 1 amide bonds. The summed E-state index contributed by atoms with van der Waals surface area (Å²) < 4.78 is 5.71. The molecule has 1 fully saturated rings. The van der Waals surface area contributed by atoms with Crippen molar-refractivity contribution in [3.8, 4) is 0 Å². The smallest absolute Gasteiger partial charge is 0.221 e. The topological polar surface area (TPSA) is 88.2 Å². The lowest BCUT2D eigenvalue weighted by Gasteiger charge is -2.17. The Labute approximate surface area is 146 Å². The number of hydrogen-bond acceptors (Lipinski definition) is 5. The summed E-state index contributed by atoms with van der Waals surface area (Å²) in [5.74, 6) is 1.51. The number of aromatic nitrogens is 2. The second-order valence-corrected chi connectivity index (χ2v) is 7.03. The van der Waals surface area contributed by atoms with E-state index in [1.54, 1.807) is 0 Å². The fourth-order valence-corrected chi connectivity index (χ4v) is 3.92. The Morgan fingerprint density at radius 2 is 2.04 bits per heavy atom. The molecule has 2 aliphatic carbocycles. The standard InChI is InChI=1S/C19H23N3O3/c23-15-11-13-7-3-4-8-14(13)18(15)20-16(24)9-10-17-21-22-19(25-17)12-5-1-2-6-12/h3-4,7-8,12,15,18,23H,1-2,5-6,9-11H2,(H,20,24). The highest BCUT2D eigenvalue weighted by Gasteiger charge is 2.31. The average Bonchev–Trinajstić information content (AvgIpc) is 3.33. The molecule has 0 saturated heterocycles. The van der Waals surface area contributed by atoms with Crippen molar-refractivity contribution >= 4 is 5.91 Å². The Bertz CT molecular complexity index is 752. The zero-order valence-electron chi connectivity index (χ0n) is 14.1. The Morgan fingerprint density at radius 1 is 1.24 bits per heavy atom. The third kappa shape index (κ3) is 3.44. The summed E-state index contributed by atoms with van der Waals surface area (Å²) in [7, 11) is 0. The van der Waals surface area contributed by atoms with Gasteiger partial charge in [-0.3, -0.25) is 4.79 Å². The van der Waals surface area contributed by atoms with E-state index in [4.69, 9.17) is 4.42 Å². The van der Waals surface area contributed by atoms with Gasteiger partial charge in [0.05, 0.1) is 12.1 Å². The van der Waals surface area contributed by atoms with Crippen molar-refractivity contribution in [2.24, 2.45) is 0 Å². The number of aryl methyl sites for hydroxylation is 1. The number of benzene rings is 1. The maximum atomic E-state index is 12.3. The van der Waals surface area contributed by atoms with E-state index in [1.165, 1.54) is 12.8 Å². The highest BCUT2D eigenvalue weighted by atomic mass is 16.4. The first-order valence-electron chi connectivity index (χ1n) is 9.08. The van der Waals surface area contributed by atoms with Crippen molar-refractivity contribution in [1.82, 2.24) is 15.5 Å². The number of fused-ring (bicyclic) bond motifs is 1. The van der Waals surface area contributed by atoms with Crippen molar-refractivity contribution in [1.29, 1.82) is 0 Å². The number of hydrogen-bond donors (Lipinski definition) is 2. The monoisotopic (exact) mass is 341 g/mol. The van der Waals surface area contributed by atoms with Crippen LogP contribution in [0.15, 0.2) is 28.7 Å². The van der Waals surface area contributed by atoms with Crippen LogP contribution in [0.1, 0.15) is 67.0 Å². The molecule has 1 aromatic carbocycles. The molecule has 2 N–H and O–H groups in total. The Morgan fingerprint density at radius 3 is 2.88 bits per heavy atom. The summed E-state index contributed by atoms with van der Waals surface area (Å²) in [4.78, 5) is 12.3. The predicted molar refractivity (Wildman–Crippen MR) is 90.9 cm³/mol. The van der Waals surface area contributed by atoms with Crippen molar-refractivity contribution < 1.29 is 14.3 Å². The molecule has 1 saturated carbocycles. The Balaban J connectivity index is 1.32. The number of carbonyl (C=O) groups is 1. The first kappa shape index (κ1) is 16.3. The van der Waals surface area contributed by atoms with Crippen molar-refractivity contribution in [3.63, 3.8) is 0 Å². The number of nitrogens with zero attached hydrogens (tertiary/aromatic N) is 2. The van der Waals surface area contributed by atoms with Crippen LogP contribution in [0.5, 0.6) is 0 Å². The van der Waals surface area contributed by atoms with Gasteiger partial charge in [-0.15, -0.1) is 10.2 Å². The molecular weight excluding hydrogens is 318 g/mol. The zero-order chi connectivity index (χ0) is 17.2. The van der Waals surface area contributed by atoms with Gasteiger partial charge in [0.1, 0.15) is 0 Å². The van der Waals surface area contributed by atoms with Gasteiger partial charge in [0, 0.05) is 25.2 Å². The van der Waals surface area contributed by atoms with E-state index in [9.17, 15) is 9.90 Å². The van der Waals surface area contributed by atoms with E-state index in [0.29, 0.717) is 30.5 Å². The fourth-order valence-electron chi connectivity index (χ4n) is 3.92. The number of nitrogens with one attached hydrogen (secondary N) is 1. The minimum absolute atomic E-state index is 0.110. The minimum Gasteiger partial charge on any atom is -0.425 e. The van der Waals surface area contributed by atoms with Crippen molar-refractivity contribution in [2.75, 3.05) is 0 Å². The van der Waals surface area contributed by atoms with Crippen LogP contribution in [0, 0.1) is 0 Å². The molecule has 2 atom stereocenters. The third-order valence-electron chi connectivity index (χ3n) is 5.27. The largest absolute Gasteiger partial charge is 0.425 e.